The Balaban J connectivity index is 1.66. The molecule has 0 bridgehead atoms. The topological polar surface area (TPSA) is 83.3 Å². The molecule has 2 aromatic carbocycles. The number of hydrogen-bond acceptors (Lipinski definition) is 4. The largest absolute Gasteiger partial charge is 0.497 e. The zero-order chi connectivity index (χ0) is 21.1. The molecule has 0 fully saturated rings. The van der Waals surface area contributed by atoms with Crippen molar-refractivity contribution in [2.45, 2.75) is 19.9 Å². The number of nitrogens with two attached hydrogens (primary N) is 1. The number of primary amides is 1. The Kier molecular flexibility index (Phi) is 5.39. The van der Waals surface area contributed by atoms with Crippen LogP contribution < -0.4 is 10.5 Å². The van der Waals surface area contributed by atoms with E-state index < -0.39 is 5.91 Å². The molecule has 0 saturated carbocycles. The van der Waals surface area contributed by atoms with Gasteiger partial charge >= 0.3 is 0 Å². The molecule has 0 radical (unpaired) electrons. The SMILES string of the molecule is COc1ccc(CCn2c(-c3cc(-c4ccccc4)on3)cc(C(N)=O)c2C)cc1. The maximum Gasteiger partial charge on any atom is 0.250 e. The summed E-state index contributed by atoms with van der Waals surface area (Å²) < 4.78 is 12.9. The summed E-state index contributed by atoms with van der Waals surface area (Å²) in [6.45, 7) is 2.57. The molecule has 0 aliphatic carbocycles. The van der Waals surface area contributed by atoms with E-state index in [1.807, 2.05) is 67.6 Å². The molecular weight excluding hydrogens is 378 g/mol. The Morgan fingerprint density at radius 1 is 1.10 bits per heavy atom. The third kappa shape index (κ3) is 3.85. The fourth-order valence-corrected chi connectivity index (χ4v) is 3.56. The van der Waals surface area contributed by atoms with Crippen LogP contribution in [0, 0.1) is 6.92 Å². The quantitative estimate of drug-likeness (QED) is 0.495. The van der Waals surface area contributed by atoms with Gasteiger partial charge in [0.1, 0.15) is 11.4 Å². The third-order valence-electron chi connectivity index (χ3n) is 5.25. The highest BCUT2D eigenvalue weighted by atomic mass is 16.5. The summed E-state index contributed by atoms with van der Waals surface area (Å²) in [5.41, 5.74) is 10.5. The normalized spacial score (nSPS) is 10.9. The van der Waals surface area contributed by atoms with Gasteiger partial charge in [-0.2, -0.15) is 0 Å². The summed E-state index contributed by atoms with van der Waals surface area (Å²) in [6, 6.07) is 21.4. The van der Waals surface area contributed by atoms with Gasteiger partial charge in [-0.1, -0.05) is 47.6 Å². The highest BCUT2D eigenvalue weighted by Crippen LogP contribution is 2.29. The molecule has 6 heteroatoms. The first kappa shape index (κ1) is 19.5. The second kappa shape index (κ2) is 8.29. The molecule has 6 nitrogen and oxygen atoms in total. The van der Waals surface area contributed by atoms with Crippen molar-refractivity contribution in [3.05, 3.63) is 83.6 Å². The lowest BCUT2D eigenvalue weighted by atomic mass is 10.1. The van der Waals surface area contributed by atoms with Gasteiger partial charge in [-0.25, -0.2) is 0 Å². The summed E-state index contributed by atoms with van der Waals surface area (Å²) in [5, 5.41) is 4.25. The van der Waals surface area contributed by atoms with Crippen molar-refractivity contribution in [3.8, 4) is 28.5 Å². The number of benzene rings is 2. The lowest BCUT2D eigenvalue weighted by Gasteiger charge is -2.11. The van der Waals surface area contributed by atoms with Crippen LogP contribution in [0.5, 0.6) is 5.75 Å². The molecule has 1 amide bonds. The van der Waals surface area contributed by atoms with Crippen LogP contribution in [0.4, 0.5) is 0 Å². The minimum atomic E-state index is -0.455. The Hall–Kier alpha value is -3.80. The molecule has 4 aromatic rings. The van der Waals surface area contributed by atoms with Crippen LogP contribution in [0.25, 0.3) is 22.7 Å². The number of nitrogens with zero attached hydrogens (tertiary/aromatic N) is 2. The predicted octanol–water partition coefficient (Wildman–Crippen LogP) is 4.47. The molecule has 30 heavy (non-hydrogen) atoms. The van der Waals surface area contributed by atoms with Crippen LogP contribution in [-0.2, 0) is 13.0 Å². The van der Waals surface area contributed by atoms with E-state index in [1.165, 1.54) is 5.56 Å². The number of amides is 1. The van der Waals surface area contributed by atoms with E-state index in [0.29, 0.717) is 23.6 Å². The van der Waals surface area contributed by atoms with Gasteiger partial charge in [-0.05, 0) is 37.1 Å². The Labute approximate surface area is 174 Å². The van der Waals surface area contributed by atoms with E-state index in [0.717, 1.165) is 29.1 Å². The zero-order valence-electron chi connectivity index (χ0n) is 17.0. The Bertz CT molecular complexity index is 1160. The molecule has 0 unspecified atom stereocenters. The van der Waals surface area contributed by atoms with Gasteiger partial charge in [0.25, 0.3) is 5.91 Å². The lowest BCUT2D eigenvalue weighted by molar-refractivity contribution is 0.0999. The number of aromatic nitrogens is 2. The molecule has 0 saturated heterocycles. The first-order valence-corrected chi connectivity index (χ1v) is 9.72. The standard InChI is InChI=1S/C24H23N3O3/c1-16-20(24(25)28)14-22(21-15-23(30-26-21)18-6-4-3-5-7-18)27(16)13-12-17-8-10-19(29-2)11-9-17/h3-11,14-15H,12-13H2,1-2H3,(H2,25,28). The van der Waals surface area contributed by atoms with E-state index in [1.54, 1.807) is 13.2 Å². The number of rotatable bonds is 7. The zero-order valence-corrected chi connectivity index (χ0v) is 17.0. The lowest BCUT2D eigenvalue weighted by Crippen LogP contribution is -2.13. The number of carbonyl (C=O) groups is 1. The van der Waals surface area contributed by atoms with E-state index >= 15 is 0 Å². The van der Waals surface area contributed by atoms with Crippen LogP contribution in [0.15, 0.2) is 71.3 Å². The Morgan fingerprint density at radius 3 is 2.50 bits per heavy atom. The fraction of sp³-hybridized carbons (Fsp3) is 0.167. The minimum Gasteiger partial charge on any atom is -0.497 e. The van der Waals surface area contributed by atoms with Crippen LogP contribution in [0.1, 0.15) is 21.6 Å². The molecule has 4 rings (SSSR count). The van der Waals surface area contributed by atoms with Crippen molar-refractivity contribution in [3.63, 3.8) is 0 Å². The molecule has 0 aliphatic heterocycles. The summed E-state index contributed by atoms with van der Waals surface area (Å²) in [4.78, 5) is 11.9. The summed E-state index contributed by atoms with van der Waals surface area (Å²) in [7, 11) is 1.65. The average molecular weight is 401 g/mol. The maximum atomic E-state index is 11.9. The smallest absolute Gasteiger partial charge is 0.250 e. The van der Waals surface area contributed by atoms with Crippen molar-refractivity contribution >= 4 is 5.91 Å². The minimum absolute atomic E-state index is 0.455. The molecule has 2 N–H and O–H groups in total. The number of methoxy groups -OCH3 is 1. The molecule has 0 aliphatic rings. The average Bonchev–Trinajstić information content (AvgIpc) is 3.38. The molecule has 0 atom stereocenters. The predicted molar refractivity (Wildman–Crippen MR) is 115 cm³/mol. The maximum absolute atomic E-state index is 11.9. The van der Waals surface area contributed by atoms with Crippen molar-refractivity contribution in [2.75, 3.05) is 7.11 Å². The van der Waals surface area contributed by atoms with Gasteiger partial charge in [0.2, 0.25) is 0 Å². The highest BCUT2D eigenvalue weighted by molar-refractivity contribution is 5.95. The molecular formula is C24H23N3O3. The third-order valence-corrected chi connectivity index (χ3v) is 5.25. The van der Waals surface area contributed by atoms with Crippen LogP contribution in [0.3, 0.4) is 0 Å². The molecule has 2 aromatic heterocycles. The van der Waals surface area contributed by atoms with E-state index in [9.17, 15) is 4.79 Å². The van der Waals surface area contributed by atoms with Crippen molar-refractivity contribution in [1.29, 1.82) is 0 Å². The number of aryl methyl sites for hydroxylation is 1. The fourth-order valence-electron chi connectivity index (χ4n) is 3.56. The molecule has 2 heterocycles. The van der Waals surface area contributed by atoms with Gasteiger partial charge in [0, 0.05) is 23.9 Å². The van der Waals surface area contributed by atoms with E-state index in [-0.39, 0.29) is 0 Å². The second-order valence-corrected chi connectivity index (χ2v) is 7.09. The number of carbonyl (C=O) groups excluding carboxylic acids is 1. The van der Waals surface area contributed by atoms with Crippen LogP contribution in [0.2, 0.25) is 0 Å². The van der Waals surface area contributed by atoms with Gasteiger partial charge in [0.05, 0.1) is 18.4 Å². The van der Waals surface area contributed by atoms with Crippen molar-refractivity contribution in [2.24, 2.45) is 5.73 Å². The van der Waals surface area contributed by atoms with Gasteiger partial charge in [-0.3, -0.25) is 4.79 Å². The number of hydrogen-bond donors (Lipinski definition) is 1. The molecule has 152 valence electrons. The number of ether oxygens (including phenoxy) is 1. The van der Waals surface area contributed by atoms with Gasteiger partial charge in [0.15, 0.2) is 5.76 Å². The monoisotopic (exact) mass is 401 g/mol. The first-order valence-electron chi connectivity index (χ1n) is 9.72. The summed E-state index contributed by atoms with van der Waals surface area (Å²) >= 11 is 0. The van der Waals surface area contributed by atoms with E-state index in [2.05, 4.69) is 9.72 Å². The van der Waals surface area contributed by atoms with Crippen molar-refractivity contribution < 1.29 is 14.1 Å². The molecule has 0 spiro atoms. The first-order chi connectivity index (χ1) is 14.6. The van der Waals surface area contributed by atoms with Crippen molar-refractivity contribution in [1.82, 2.24) is 9.72 Å². The second-order valence-electron chi connectivity index (χ2n) is 7.09. The summed E-state index contributed by atoms with van der Waals surface area (Å²) in [5.74, 6) is 1.04. The van der Waals surface area contributed by atoms with Crippen LogP contribution in [-0.4, -0.2) is 22.7 Å². The highest BCUT2D eigenvalue weighted by Gasteiger charge is 2.19. The van der Waals surface area contributed by atoms with Gasteiger partial charge < -0.3 is 19.6 Å². The Morgan fingerprint density at radius 2 is 1.83 bits per heavy atom. The van der Waals surface area contributed by atoms with E-state index in [4.69, 9.17) is 15.0 Å². The van der Waals surface area contributed by atoms with Crippen LogP contribution >= 0.6 is 0 Å². The van der Waals surface area contributed by atoms with Gasteiger partial charge in [-0.15, -0.1) is 0 Å². The summed E-state index contributed by atoms with van der Waals surface area (Å²) in [6.07, 6.45) is 0.786.